The summed E-state index contributed by atoms with van der Waals surface area (Å²) in [4.78, 5) is 14.2. The lowest BCUT2D eigenvalue weighted by Crippen LogP contribution is -2.59. The number of nitrogens with two attached hydrogens (primary N) is 1. The van der Waals surface area contributed by atoms with Crippen molar-refractivity contribution in [2.24, 2.45) is 11.7 Å². The third-order valence-corrected chi connectivity index (χ3v) is 3.03. The Morgan fingerprint density at radius 3 is 2.18 bits per heavy atom. The number of carbonyl (C=O) groups excluding carboxylic acids is 1. The van der Waals surface area contributed by atoms with E-state index in [0.29, 0.717) is 19.6 Å². The van der Waals surface area contributed by atoms with Crippen LogP contribution in [-0.2, 0) is 9.53 Å². The third kappa shape index (κ3) is 3.96. The topological polar surface area (TPSA) is 55.6 Å². The molecule has 1 aliphatic rings. The van der Waals surface area contributed by atoms with E-state index in [1.807, 2.05) is 39.5 Å². The molecule has 1 heterocycles. The van der Waals surface area contributed by atoms with Crippen LogP contribution in [0.5, 0.6) is 0 Å². The van der Waals surface area contributed by atoms with Crippen molar-refractivity contribution in [1.29, 1.82) is 0 Å². The summed E-state index contributed by atoms with van der Waals surface area (Å²) in [7, 11) is 0. The van der Waals surface area contributed by atoms with Crippen LogP contribution >= 0.6 is 0 Å². The number of rotatable bonds is 3. The van der Waals surface area contributed by atoms with Gasteiger partial charge in [-0.05, 0) is 40.7 Å². The Morgan fingerprint density at radius 1 is 1.29 bits per heavy atom. The highest BCUT2D eigenvalue weighted by Gasteiger charge is 2.40. The predicted octanol–water partition coefficient (Wildman–Crippen LogP) is 1.39. The summed E-state index contributed by atoms with van der Waals surface area (Å²) in [6, 6.07) is 0. The lowest BCUT2D eigenvalue weighted by atomic mass is 9.96. The molecule has 2 N–H and O–H groups in total. The van der Waals surface area contributed by atoms with Gasteiger partial charge in [0.05, 0.1) is 11.2 Å². The van der Waals surface area contributed by atoms with Crippen LogP contribution in [0.4, 0.5) is 0 Å². The number of hydrogen-bond acceptors (Lipinski definition) is 3. The van der Waals surface area contributed by atoms with E-state index in [1.165, 1.54) is 0 Å². The lowest BCUT2D eigenvalue weighted by molar-refractivity contribution is -0.189. The first-order valence-electron chi connectivity index (χ1n) is 6.36. The van der Waals surface area contributed by atoms with Crippen molar-refractivity contribution >= 4 is 5.91 Å². The average molecular weight is 242 g/mol. The second kappa shape index (κ2) is 4.94. The van der Waals surface area contributed by atoms with Crippen molar-refractivity contribution in [2.45, 2.75) is 52.2 Å². The van der Waals surface area contributed by atoms with Crippen LogP contribution in [0.15, 0.2) is 0 Å². The van der Waals surface area contributed by atoms with E-state index in [9.17, 15) is 4.79 Å². The van der Waals surface area contributed by atoms with Gasteiger partial charge in [-0.3, -0.25) is 4.79 Å². The van der Waals surface area contributed by atoms with E-state index in [2.05, 4.69) is 0 Å². The fraction of sp³-hybridized carbons (Fsp3) is 0.923. The van der Waals surface area contributed by atoms with Crippen LogP contribution in [-0.4, -0.2) is 41.6 Å². The van der Waals surface area contributed by atoms with Gasteiger partial charge >= 0.3 is 0 Å². The molecule has 4 heteroatoms. The second-order valence-corrected chi connectivity index (χ2v) is 6.29. The first kappa shape index (κ1) is 14.5. The molecule has 1 unspecified atom stereocenters. The Balaban J connectivity index is 2.74. The SMILES string of the molecule is CC(CCN)C(=O)N1CC(C)(C)OC(C)(C)C1. The molecule has 0 spiro atoms. The van der Waals surface area contributed by atoms with Gasteiger partial charge in [0.1, 0.15) is 0 Å². The molecule has 0 saturated carbocycles. The van der Waals surface area contributed by atoms with Crippen molar-refractivity contribution in [1.82, 2.24) is 4.90 Å². The van der Waals surface area contributed by atoms with E-state index in [0.717, 1.165) is 6.42 Å². The summed E-state index contributed by atoms with van der Waals surface area (Å²) in [5.41, 5.74) is 4.95. The molecule has 1 aliphatic heterocycles. The summed E-state index contributed by atoms with van der Waals surface area (Å²) in [6.07, 6.45) is 0.747. The van der Waals surface area contributed by atoms with Crippen molar-refractivity contribution in [3.63, 3.8) is 0 Å². The molecule has 0 aromatic heterocycles. The van der Waals surface area contributed by atoms with Crippen molar-refractivity contribution in [3.05, 3.63) is 0 Å². The molecule has 17 heavy (non-hydrogen) atoms. The first-order valence-corrected chi connectivity index (χ1v) is 6.36. The Bertz CT molecular complexity index is 271. The largest absolute Gasteiger partial charge is 0.366 e. The van der Waals surface area contributed by atoms with Crippen molar-refractivity contribution in [2.75, 3.05) is 19.6 Å². The fourth-order valence-electron chi connectivity index (χ4n) is 2.63. The smallest absolute Gasteiger partial charge is 0.225 e. The van der Waals surface area contributed by atoms with Crippen LogP contribution in [0.1, 0.15) is 41.0 Å². The lowest BCUT2D eigenvalue weighted by Gasteiger charge is -2.47. The molecule has 1 atom stereocenters. The normalized spacial score (nSPS) is 24.5. The summed E-state index contributed by atoms with van der Waals surface area (Å²) < 4.78 is 5.96. The molecule has 4 nitrogen and oxygen atoms in total. The molecule has 1 fully saturated rings. The Kier molecular flexibility index (Phi) is 4.20. The number of amides is 1. The fourth-order valence-corrected chi connectivity index (χ4v) is 2.63. The zero-order chi connectivity index (χ0) is 13.3. The van der Waals surface area contributed by atoms with Crippen molar-refractivity contribution < 1.29 is 9.53 Å². The van der Waals surface area contributed by atoms with Gasteiger partial charge < -0.3 is 15.4 Å². The van der Waals surface area contributed by atoms with Gasteiger partial charge in [-0.15, -0.1) is 0 Å². The molecule has 0 aromatic rings. The van der Waals surface area contributed by atoms with Gasteiger partial charge in [-0.2, -0.15) is 0 Å². The maximum atomic E-state index is 12.3. The number of carbonyl (C=O) groups is 1. The van der Waals surface area contributed by atoms with E-state index in [-0.39, 0.29) is 23.0 Å². The van der Waals surface area contributed by atoms with Crippen molar-refractivity contribution in [3.8, 4) is 0 Å². The first-order chi connectivity index (χ1) is 7.67. The highest BCUT2D eigenvalue weighted by Crippen LogP contribution is 2.29. The molecular formula is C13H26N2O2. The molecule has 0 bridgehead atoms. The molecule has 0 aliphatic carbocycles. The van der Waals surface area contributed by atoms with Crippen LogP contribution in [0, 0.1) is 5.92 Å². The van der Waals surface area contributed by atoms with E-state index < -0.39 is 0 Å². The van der Waals surface area contributed by atoms with Crippen LogP contribution < -0.4 is 5.73 Å². The molecule has 0 radical (unpaired) electrons. The summed E-state index contributed by atoms with van der Waals surface area (Å²) in [5.74, 6) is 0.199. The molecule has 100 valence electrons. The molecule has 1 rings (SSSR count). The van der Waals surface area contributed by atoms with E-state index >= 15 is 0 Å². The zero-order valence-electron chi connectivity index (χ0n) is 11.7. The zero-order valence-corrected chi connectivity index (χ0v) is 11.7. The quantitative estimate of drug-likeness (QED) is 0.813. The second-order valence-electron chi connectivity index (χ2n) is 6.29. The van der Waals surface area contributed by atoms with E-state index in [1.54, 1.807) is 0 Å². The van der Waals surface area contributed by atoms with Crippen LogP contribution in [0.3, 0.4) is 0 Å². The van der Waals surface area contributed by atoms with Gasteiger partial charge in [0.2, 0.25) is 5.91 Å². The molecular weight excluding hydrogens is 216 g/mol. The monoisotopic (exact) mass is 242 g/mol. The predicted molar refractivity (Wildman–Crippen MR) is 68.7 cm³/mol. The van der Waals surface area contributed by atoms with Gasteiger partial charge in [-0.25, -0.2) is 0 Å². The number of hydrogen-bond donors (Lipinski definition) is 1. The number of ether oxygens (including phenoxy) is 1. The minimum atomic E-state index is -0.278. The molecule has 0 aromatic carbocycles. The highest BCUT2D eigenvalue weighted by atomic mass is 16.5. The maximum absolute atomic E-state index is 12.3. The summed E-state index contributed by atoms with van der Waals surface area (Å²) in [6.45, 7) is 11.9. The van der Waals surface area contributed by atoms with Gasteiger partial charge in [0.15, 0.2) is 0 Å². The average Bonchev–Trinajstić information content (AvgIpc) is 2.12. The Hall–Kier alpha value is -0.610. The van der Waals surface area contributed by atoms with Gasteiger partial charge in [0.25, 0.3) is 0 Å². The Morgan fingerprint density at radius 2 is 1.76 bits per heavy atom. The standard InChI is InChI=1S/C13H26N2O2/c1-10(6-7-14)11(16)15-8-12(2,3)17-13(4,5)9-15/h10H,6-9,14H2,1-5H3. The summed E-state index contributed by atoms with van der Waals surface area (Å²) in [5, 5.41) is 0. The van der Waals surface area contributed by atoms with E-state index in [4.69, 9.17) is 10.5 Å². The molecule has 1 amide bonds. The van der Waals surface area contributed by atoms with Gasteiger partial charge in [-0.1, -0.05) is 6.92 Å². The minimum absolute atomic E-state index is 0.00435. The number of nitrogens with zero attached hydrogens (tertiary/aromatic N) is 1. The molecule has 1 saturated heterocycles. The Labute approximate surface area is 104 Å². The maximum Gasteiger partial charge on any atom is 0.225 e. The minimum Gasteiger partial charge on any atom is -0.366 e. The van der Waals surface area contributed by atoms with Crippen LogP contribution in [0.25, 0.3) is 0 Å². The summed E-state index contributed by atoms with van der Waals surface area (Å²) >= 11 is 0. The number of morpholine rings is 1. The van der Waals surface area contributed by atoms with Crippen LogP contribution in [0.2, 0.25) is 0 Å². The highest BCUT2D eigenvalue weighted by molar-refractivity contribution is 5.78. The van der Waals surface area contributed by atoms with Gasteiger partial charge in [0, 0.05) is 19.0 Å². The third-order valence-electron chi connectivity index (χ3n) is 3.03.